The van der Waals surface area contributed by atoms with Crippen LogP contribution in [0.2, 0.25) is 0 Å². The van der Waals surface area contributed by atoms with Crippen molar-refractivity contribution in [3.8, 4) is 5.75 Å². The van der Waals surface area contributed by atoms with Gasteiger partial charge in [-0.2, -0.15) is 0 Å². The van der Waals surface area contributed by atoms with Crippen molar-refractivity contribution in [2.75, 3.05) is 0 Å². The highest BCUT2D eigenvalue weighted by atomic mass is 19.4. The van der Waals surface area contributed by atoms with Gasteiger partial charge in [0.15, 0.2) is 0 Å². The second kappa shape index (κ2) is 6.23. The molecule has 0 unspecified atom stereocenters. The molecule has 0 atom stereocenters. The third-order valence-corrected chi connectivity index (χ3v) is 3.28. The molecule has 124 valence electrons. The summed E-state index contributed by atoms with van der Waals surface area (Å²) in [6.45, 7) is 0.0642. The monoisotopic (exact) mass is 335 g/mol. The lowest BCUT2D eigenvalue weighted by molar-refractivity contribution is -0.274. The Bertz CT molecular complexity index is 874. The molecule has 1 heterocycles. The number of fused-ring (bicyclic) bond motifs is 1. The predicted octanol–water partition coefficient (Wildman–Crippen LogP) is 3.39. The summed E-state index contributed by atoms with van der Waals surface area (Å²) in [6, 6.07) is 10.6. The maximum absolute atomic E-state index is 12.3. The number of carbonyl (C=O) groups is 1. The number of hydrogen-bond donors (Lipinski definition) is 2. The van der Waals surface area contributed by atoms with E-state index in [1.54, 1.807) is 24.3 Å². The number of aromatic amines is 1. The van der Waals surface area contributed by atoms with E-state index in [2.05, 4.69) is 20.0 Å². The van der Waals surface area contributed by atoms with Gasteiger partial charge in [0.05, 0.1) is 17.4 Å². The van der Waals surface area contributed by atoms with Crippen molar-refractivity contribution in [3.05, 3.63) is 59.9 Å². The first-order chi connectivity index (χ1) is 11.4. The van der Waals surface area contributed by atoms with Crippen molar-refractivity contribution in [3.63, 3.8) is 0 Å². The predicted molar refractivity (Wildman–Crippen MR) is 80.4 cm³/mol. The fraction of sp³-hybridized carbons (Fsp3) is 0.125. The van der Waals surface area contributed by atoms with Gasteiger partial charge < -0.3 is 15.0 Å². The van der Waals surface area contributed by atoms with E-state index in [1.165, 1.54) is 24.5 Å². The van der Waals surface area contributed by atoms with Crippen LogP contribution in [0.3, 0.4) is 0 Å². The number of amides is 1. The third-order valence-electron chi connectivity index (χ3n) is 3.28. The standard InChI is InChI=1S/C16H12F3N3O2/c17-16(18,19)24-11-4-1-3-10(7-11)8-20-15(23)12-5-2-6-13-14(12)22-9-21-13/h1-7,9H,8H2,(H,20,23)(H,21,22). The number of ether oxygens (including phenoxy) is 1. The molecule has 0 bridgehead atoms. The first-order valence-electron chi connectivity index (χ1n) is 6.97. The molecule has 1 aromatic heterocycles. The van der Waals surface area contributed by atoms with Crippen LogP contribution in [-0.2, 0) is 6.54 Å². The number of H-pyrrole nitrogens is 1. The van der Waals surface area contributed by atoms with Crippen LogP contribution >= 0.6 is 0 Å². The van der Waals surface area contributed by atoms with Crippen LogP contribution in [-0.4, -0.2) is 22.2 Å². The molecule has 0 aliphatic rings. The first-order valence-corrected chi connectivity index (χ1v) is 6.97. The van der Waals surface area contributed by atoms with Crippen LogP contribution in [0, 0.1) is 0 Å². The van der Waals surface area contributed by atoms with Gasteiger partial charge >= 0.3 is 6.36 Å². The van der Waals surface area contributed by atoms with E-state index in [-0.39, 0.29) is 18.2 Å². The maximum Gasteiger partial charge on any atom is 0.573 e. The number of nitrogens with zero attached hydrogens (tertiary/aromatic N) is 1. The molecule has 3 rings (SSSR count). The molecular formula is C16H12F3N3O2. The lowest BCUT2D eigenvalue weighted by atomic mass is 10.1. The molecule has 0 spiro atoms. The zero-order chi connectivity index (χ0) is 17.2. The van der Waals surface area contributed by atoms with Gasteiger partial charge in [-0.15, -0.1) is 13.2 Å². The van der Waals surface area contributed by atoms with E-state index in [0.29, 0.717) is 16.6 Å². The number of rotatable bonds is 4. The first kappa shape index (κ1) is 15.9. The SMILES string of the molecule is O=C(NCc1cccc(OC(F)(F)F)c1)c1cccc2[nH]cnc12. The van der Waals surface area contributed by atoms with Gasteiger partial charge in [-0.25, -0.2) is 4.98 Å². The third kappa shape index (κ3) is 3.65. The minimum atomic E-state index is -4.75. The van der Waals surface area contributed by atoms with Gasteiger partial charge in [-0.05, 0) is 29.8 Å². The van der Waals surface area contributed by atoms with Crippen LogP contribution in [0.5, 0.6) is 5.75 Å². The van der Waals surface area contributed by atoms with Gasteiger partial charge in [-0.3, -0.25) is 4.79 Å². The van der Waals surface area contributed by atoms with E-state index < -0.39 is 6.36 Å². The summed E-state index contributed by atoms with van der Waals surface area (Å²) in [5.41, 5.74) is 2.13. The van der Waals surface area contributed by atoms with Gasteiger partial charge in [0.25, 0.3) is 5.91 Å². The van der Waals surface area contributed by atoms with Crippen molar-refractivity contribution >= 4 is 16.9 Å². The lowest BCUT2D eigenvalue weighted by Crippen LogP contribution is -2.23. The minimum Gasteiger partial charge on any atom is -0.406 e. The molecule has 24 heavy (non-hydrogen) atoms. The smallest absolute Gasteiger partial charge is 0.406 e. The molecule has 3 aromatic rings. The molecule has 0 aliphatic heterocycles. The zero-order valence-corrected chi connectivity index (χ0v) is 12.2. The highest BCUT2D eigenvalue weighted by Gasteiger charge is 2.31. The Balaban J connectivity index is 1.70. The largest absolute Gasteiger partial charge is 0.573 e. The molecule has 1 amide bonds. The normalized spacial score (nSPS) is 11.5. The lowest BCUT2D eigenvalue weighted by Gasteiger charge is -2.10. The molecule has 0 fully saturated rings. The second-order valence-electron chi connectivity index (χ2n) is 4.98. The van der Waals surface area contributed by atoms with Crippen molar-refractivity contribution in [1.82, 2.24) is 15.3 Å². The Kier molecular flexibility index (Phi) is 4.11. The molecule has 5 nitrogen and oxygen atoms in total. The molecule has 0 radical (unpaired) electrons. The van der Waals surface area contributed by atoms with Crippen LogP contribution in [0.4, 0.5) is 13.2 Å². The molecule has 2 N–H and O–H groups in total. The van der Waals surface area contributed by atoms with Crippen molar-refractivity contribution < 1.29 is 22.7 Å². The Labute approximate surface area is 134 Å². The number of alkyl halides is 3. The number of imidazole rings is 1. The summed E-state index contributed by atoms with van der Waals surface area (Å²) in [7, 11) is 0. The Morgan fingerprint density at radius 1 is 1.21 bits per heavy atom. The quantitative estimate of drug-likeness (QED) is 0.768. The molecule has 2 aromatic carbocycles. The van der Waals surface area contributed by atoms with Crippen LogP contribution in [0.25, 0.3) is 11.0 Å². The average Bonchev–Trinajstić information content (AvgIpc) is 2.99. The van der Waals surface area contributed by atoms with Crippen LogP contribution in [0.15, 0.2) is 48.8 Å². The Hall–Kier alpha value is -3.03. The number of hydrogen-bond acceptors (Lipinski definition) is 3. The summed E-state index contributed by atoms with van der Waals surface area (Å²) in [5, 5.41) is 2.66. The molecular weight excluding hydrogens is 323 g/mol. The highest BCUT2D eigenvalue weighted by Crippen LogP contribution is 2.23. The molecule has 8 heteroatoms. The Morgan fingerprint density at radius 3 is 2.79 bits per heavy atom. The van der Waals surface area contributed by atoms with Gasteiger partial charge in [-0.1, -0.05) is 18.2 Å². The van der Waals surface area contributed by atoms with Crippen molar-refractivity contribution in [2.45, 2.75) is 12.9 Å². The molecule has 0 saturated heterocycles. The number of aromatic nitrogens is 2. The van der Waals surface area contributed by atoms with Crippen molar-refractivity contribution in [1.29, 1.82) is 0 Å². The minimum absolute atomic E-state index is 0.0642. The van der Waals surface area contributed by atoms with E-state index in [0.717, 1.165) is 5.52 Å². The van der Waals surface area contributed by atoms with Gasteiger partial charge in [0, 0.05) is 6.54 Å². The van der Waals surface area contributed by atoms with E-state index in [9.17, 15) is 18.0 Å². The number of benzene rings is 2. The highest BCUT2D eigenvalue weighted by molar-refractivity contribution is 6.04. The van der Waals surface area contributed by atoms with Gasteiger partial charge in [0.2, 0.25) is 0 Å². The van der Waals surface area contributed by atoms with E-state index in [1.807, 2.05) is 0 Å². The number of carbonyl (C=O) groups excluding carboxylic acids is 1. The zero-order valence-electron chi connectivity index (χ0n) is 12.2. The molecule has 0 saturated carbocycles. The van der Waals surface area contributed by atoms with Crippen LogP contribution in [0.1, 0.15) is 15.9 Å². The summed E-state index contributed by atoms with van der Waals surface area (Å²) in [4.78, 5) is 19.3. The summed E-state index contributed by atoms with van der Waals surface area (Å²) in [6.07, 6.45) is -3.27. The van der Waals surface area contributed by atoms with E-state index >= 15 is 0 Å². The summed E-state index contributed by atoms with van der Waals surface area (Å²) < 4.78 is 40.5. The summed E-state index contributed by atoms with van der Waals surface area (Å²) >= 11 is 0. The number of nitrogens with one attached hydrogen (secondary N) is 2. The number of para-hydroxylation sites is 1. The fourth-order valence-electron chi connectivity index (χ4n) is 2.28. The van der Waals surface area contributed by atoms with Crippen molar-refractivity contribution in [2.24, 2.45) is 0 Å². The van der Waals surface area contributed by atoms with Crippen LogP contribution < -0.4 is 10.1 Å². The average molecular weight is 335 g/mol. The Morgan fingerprint density at radius 2 is 2.00 bits per heavy atom. The fourth-order valence-corrected chi connectivity index (χ4v) is 2.28. The maximum atomic E-state index is 12.3. The van der Waals surface area contributed by atoms with E-state index in [4.69, 9.17) is 0 Å². The topological polar surface area (TPSA) is 67.0 Å². The number of halogens is 3. The second-order valence-corrected chi connectivity index (χ2v) is 4.98. The summed E-state index contributed by atoms with van der Waals surface area (Å²) in [5.74, 6) is -0.696. The van der Waals surface area contributed by atoms with Gasteiger partial charge in [0.1, 0.15) is 11.3 Å². The molecule has 0 aliphatic carbocycles.